The minimum atomic E-state index is -3.81. The van der Waals surface area contributed by atoms with Gasteiger partial charge in [-0.25, -0.2) is 12.8 Å². The van der Waals surface area contributed by atoms with Crippen LogP contribution in [0.3, 0.4) is 0 Å². The fraction of sp³-hybridized carbons (Fsp3) is 0.0769. The molecule has 2 aromatic rings. The summed E-state index contributed by atoms with van der Waals surface area (Å²) in [5.41, 5.74) is 5.69. The van der Waals surface area contributed by atoms with Gasteiger partial charge in [-0.05, 0) is 36.4 Å². The van der Waals surface area contributed by atoms with E-state index in [-0.39, 0.29) is 26.2 Å². The number of hydrogen-bond acceptors (Lipinski definition) is 3. The third-order valence-electron chi connectivity index (χ3n) is 2.66. The lowest BCUT2D eigenvalue weighted by molar-refractivity contribution is 0.587. The van der Waals surface area contributed by atoms with Crippen LogP contribution >= 0.6 is 23.2 Å². The highest BCUT2D eigenvalue weighted by Crippen LogP contribution is 2.27. The van der Waals surface area contributed by atoms with E-state index in [0.717, 1.165) is 6.07 Å². The topological polar surface area (TPSA) is 60.2 Å². The second kappa shape index (κ2) is 5.60. The third kappa shape index (κ3) is 3.23. The van der Waals surface area contributed by atoms with Crippen LogP contribution in [-0.2, 0) is 15.6 Å². The maximum absolute atomic E-state index is 13.6. The summed E-state index contributed by atoms with van der Waals surface area (Å²) < 4.78 is 38.2. The van der Waals surface area contributed by atoms with Crippen LogP contribution in [0.4, 0.5) is 10.1 Å². The zero-order valence-corrected chi connectivity index (χ0v) is 12.4. The number of hydrogen-bond donors (Lipinski definition) is 1. The molecule has 0 heterocycles. The summed E-state index contributed by atoms with van der Waals surface area (Å²) in [4.78, 5) is -0.121. The normalized spacial score (nSPS) is 11.6. The molecule has 0 spiro atoms. The molecule has 2 N–H and O–H groups in total. The summed E-state index contributed by atoms with van der Waals surface area (Å²) in [7, 11) is -3.81. The molecule has 0 atom stereocenters. The minimum Gasteiger partial charge on any atom is -0.398 e. The van der Waals surface area contributed by atoms with E-state index in [1.54, 1.807) is 0 Å². The van der Waals surface area contributed by atoms with Crippen molar-refractivity contribution in [3.05, 3.63) is 57.8 Å². The molecule has 0 aliphatic heterocycles. The van der Waals surface area contributed by atoms with Crippen molar-refractivity contribution in [3.63, 3.8) is 0 Å². The Bertz CT molecular complexity index is 763. The van der Waals surface area contributed by atoms with Crippen molar-refractivity contribution in [1.29, 1.82) is 0 Å². The summed E-state index contributed by atoms with van der Waals surface area (Å²) in [5, 5.41) is 0.500. The SMILES string of the molecule is Nc1ccc(Cl)cc1S(=O)(=O)Cc1cc(Cl)ccc1F. The molecule has 7 heteroatoms. The van der Waals surface area contributed by atoms with Gasteiger partial charge in [-0.1, -0.05) is 23.2 Å². The van der Waals surface area contributed by atoms with Crippen molar-refractivity contribution in [2.45, 2.75) is 10.6 Å². The fourth-order valence-electron chi connectivity index (χ4n) is 1.71. The van der Waals surface area contributed by atoms with Gasteiger partial charge in [0.2, 0.25) is 0 Å². The van der Waals surface area contributed by atoms with Crippen LogP contribution in [0, 0.1) is 5.82 Å². The highest BCUT2D eigenvalue weighted by molar-refractivity contribution is 7.90. The van der Waals surface area contributed by atoms with Crippen LogP contribution in [0.1, 0.15) is 5.56 Å². The first-order valence-corrected chi connectivity index (χ1v) is 7.92. The van der Waals surface area contributed by atoms with Crippen molar-refractivity contribution in [1.82, 2.24) is 0 Å². The summed E-state index contributed by atoms with van der Waals surface area (Å²) in [6.45, 7) is 0. The predicted molar refractivity (Wildman–Crippen MR) is 78.2 cm³/mol. The molecule has 0 aliphatic rings. The molecule has 2 rings (SSSR count). The molecular weight excluding hydrogens is 324 g/mol. The summed E-state index contributed by atoms with van der Waals surface area (Å²) >= 11 is 11.5. The van der Waals surface area contributed by atoms with Gasteiger partial charge in [0.1, 0.15) is 5.82 Å². The van der Waals surface area contributed by atoms with Gasteiger partial charge in [-0.15, -0.1) is 0 Å². The van der Waals surface area contributed by atoms with Crippen LogP contribution in [0.15, 0.2) is 41.3 Å². The standard InChI is InChI=1S/C13H10Cl2FNO2S/c14-9-1-3-11(16)8(5-9)7-20(18,19)13-6-10(15)2-4-12(13)17/h1-6H,7,17H2. The summed E-state index contributed by atoms with van der Waals surface area (Å²) in [6, 6.07) is 7.86. The Morgan fingerprint density at radius 3 is 2.35 bits per heavy atom. The van der Waals surface area contributed by atoms with E-state index >= 15 is 0 Å². The van der Waals surface area contributed by atoms with Gasteiger partial charge in [0, 0.05) is 15.6 Å². The van der Waals surface area contributed by atoms with Gasteiger partial charge in [0.25, 0.3) is 0 Å². The van der Waals surface area contributed by atoms with E-state index in [9.17, 15) is 12.8 Å². The molecule has 0 aromatic heterocycles. The van der Waals surface area contributed by atoms with E-state index in [0.29, 0.717) is 0 Å². The molecule has 20 heavy (non-hydrogen) atoms. The predicted octanol–water partition coefficient (Wildman–Crippen LogP) is 3.69. The Kier molecular flexibility index (Phi) is 4.22. The number of rotatable bonds is 3. The number of nitrogen functional groups attached to an aromatic ring is 1. The Balaban J connectivity index is 2.46. The number of nitrogens with two attached hydrogens (primary N) is 1. The molecule has 0 saturated carbocycles. The van der Waals surface area contributed by atoms with Crippen LogP contribution in [-0.4, -0.2) is 8.42 Å². The van der Waals surface area contributed by atoms with Crippen molar-refractivity contribution in [3.8, 4) is 0 Å². The number of benzene rings is 2. The zero-order valence-electron chi connectivity index (χ0n) is 10.1. The second-order valence-corrected chi connectivity index (χ2v) is 7.01. The lowest BCUT2D eigenvalue weighted by Crippen LogP contribution is -2.09. The summed E-state index contributed by atoms with van der Waals surface area (Å²) in [5.74, 6) is -1.18. The number of sulfone groups is 1. The maximum Gasteiger partial charge on any atom is 0.184 e. The lowest BCUT2D eigenvalue weighted by Gasteiger charge is -2.09. The average Bonchev–Trinajstić information content (AvgIpc) is 2.36. The quantitative estimate of drug-likeness (QED) is 0.871. The van der Waals surface area contributed by atoms with Gasteiger partial charge in [0.15, 0.2) is 9.84 Å². The van der Waals surface area contributed by atoms with Crippen LogP contribution in [0.5, 0.6) is 0 Å². The molecule has 0 bridgehead atoms. The van der Waals surface area contributed by atoms with Crippen molar-refractivity contribution < 1.29 is 12.8 Å². The van der Waals surface area contributed by atoms with Crippen molar-refractivity contribution in [2.75, 3.05) is 5.73 Å². The van der Waals surface area contributed by atoms with E-state index in [4.69, 9.17) is 28.9 Å². The molecule has 3 nitrogen and oxygen atoms in total. The molecule has 2 aromatic carbocycles. The van der Waals surface area contributed by atoms with Gasteiger partial charge in [-0.3, -0.25) is 0 Å². The van der Waals surface area contributed by atoms with Crippen molar-refractivity contribution >= 4 is 38.7 Å². The van der Waals surface area contributed by atoms with Crippen LogP contribution in [0.2, 0.25) is 10.0 Å². The molecule has 0 radical (unpaired) electrons. The monoisotopic (exact) mass is 333 g/mol. The second-order valence-electron chi connectivity index (χ2n) is 4.18. The maximum atomic E-state index is 13.6. The zero-order chi connectivity index (χ0) is 14.9. The number of halogens is 3. The van der Waals surface area contributed by atoms with Gasteiger partial charge < -0.3 is 5.73 Å². The Hall–Kier alpha value is -1.30. The van der Waals surface area contributed by atoms with E-state index in [1.807, 2.05) is 0 Å². The van der Waals surface area contributed by atoms with E-state index in [2.05, 4.69) is 0 Å². The van der Waals surface area contributed by atoms with Crippen LogP contribution < -0.4 is 5.73 Å². The third-order valence-corrected chi connectivity index (χ3v) is 4.85. The highest BCUT2D eigenvalue weighted by Gasteiger charge is 2.21. The van der Waals surface area contributed by atoms with Gasteiger partial charge >= 0.3 is 0 Å². The molecule has 106 valence electrons. The molecule has 0 amide bonds. The largest absolute Gasteiger partial charge is 0.398 e. The summed E-state index contributed by atoms with van der Waals surface area (Å²) in [6.07, 6.45) is 0. The highest BCUT2D eigenvalue weighted by atomic mass is 35.5. The Labute approximate surface area is 126 Å². The first-order chi connectivity index (χ1) is 9.29. The lowest BCUT2D eigenvalue weighted by atomic mass is 10.2. The van der Waals surface area contributed by atoms with Crippen molar-refractivity contribution in [2.24, 2.45) is 0 Å². The fourth-order valence-corrected chi connectivity index (χ4v) is 3.67. The van der Waals surface area contributed by atoms with Gasteiger partial charge in [0.05, 0.1) is 16.3 Å². The molecule has 0 saturated heterocycles. The Morgan fingerprint density at radius 1 is 1.05 bits per heavy atom. The average molecular weight is 334 g/mol. The van der Waals surface area contributed by atoms with E-state index < -0.39 is 21.4 Å². The first kappa shape index (κ1) is 15.1. The Morgan fingerprint density at radius 2 is 1.65 bits per heavy atom. The molecule has 0 unspecified atom stereocenters. The minimum absolute atomic E-state index is 0.0168. The van der Waals surface area contributed by atoms with E-state index in [1.165, 1.54) is 30.3 Å². The molecule has 0 aliphatic carbocycles. The number of anilines is 1. The smallest absolute Gasteiger partial charge is 0.184 e. The first-order valence-electron chi connectivity index (χ1n) is 5.51. The molecular formula is C13H10Cl2FNO2S. The van der Waals surface area contributed by atoms with Gasteiger partial charge in [-0.2, -0.15) is 0 Å². The van der Waals surface area contributed by atoms with Crippen LogP contribution in [0.25, 0.3) is 0 Å². The molecule has 0 fully saturated rings.